The predicted octanol–water partition coefficient (Wildman–Crippen LogP) is 2.00. The van der Waals surface area contributed by atoms with Crippen molar-refractivity contribution in [3.63, 3.8) is 0 Å². The first-order valence-electron chi connectivity index (χ1n) is 8.90. The average molecular weight is 380 g/mol. The summed E-state index contributed by atoms with van der Waals surface area (Å²) in [4.78, 5) is 12.9. The molecule has 0 spiro atoms. The van der Waals surface area contributed by atoms with Crippen LogP contribution < -0.4 is 9.47 Å². The molecule has 0 amide bonds. The first-order chi connectivity index (χ1) is 12.7. The van der Waals surface area contributed by atoms with Gasteiger partial charge in [-0.05, 0) is 39.8 Å². The van der Waals surface area contributed by atoms with Gasteiger partial charge in [0.25, 0.3) is 0 Å². The molecule has 148 valence electrons. The Morgan fingerprint density at radius 1 is 0.889 bits per heavy atom. The van der Waals surface area contributed by atoms with Gasteiger partial charge in [-0.15, -0.1) is 0 Å². The van der Waals surface area contributed by atoms with Crippen LogP contribution in [0.3, 0.4) is 0 Å². The second-order valence-corrected chi connectivity index (χ2v) is 7.66. The molecule has 8 nitrogen and oxygen atoms in total. The summed E-state index contributed by atoms with van der Waals surface area (Å²) in [5, 5.41) is 0. The van der Waals surface area contributed by atoms with E-state index in [9.17, 15) is 4.79 Å². The Bertz CT molecular complexity index is 730. The lowest BCUT2D eigenvalue weighted by Gasteiger charge is -2.35. The van der Waals surface area contributed by atoms with E-state index in [0.29, 0.717) is 11.5 Å². The molecule has 5 atom stereocenters. The number of benzene rings is 1. The van der Waals surface area contributed by atoms with Gasteiger partial charge >= 0.3 is 5.97 Å². The van der Waals surface area contributed by atoms with Crippen LogP contribution in [-0.4, -0.2) is 55.4 Å². The molecule has 1 aromatic carbocycles. The highest BCUT2D eigenvalue weighted by molar-refractivity contribution is 5.79. The van der Waals surface area contributed by atoms with Crippen molar-refractivity contribution in [3.8, 4) is 11.5 Å². The quantitative estimate of drug-likeness (QED) is 0.582. The molecule has 0 radical (unpaired) electrons. The number of ether oxygens (including phenoxy) is 7. The van der Waals surface area contributed by atoms with E-state index in [0.717, 1.165) is 0 Å². The second kappa shape index (κ2) is 6.42. The van der Waals surface area contributed by atoms with Crippen molar-refractivity contribution in [1.82, 2.24) is 0 Å². The molecule has 3 aliphatic heterocycles. The Labute approximate surface area is 157 Å². The maximum atomic E-state index is 12.9. The predicted molar refractivity (Wildman–Crippen MR) is 91.2 cm³/mol. The van der Waals surface area contributed by atoms with Gasteiger partial charge in [0.15, 0.2) is 35.5 Å². The highest BCUT2D eigenvalue weighted by Crippen LogP contribution is 2.44. The normalized spacial score (nSPS) is 36.0. The van der Waals surface area contributed by atoms with Gasteiger partial charge in [-0.1, -0.05) is 12.1 Å². The minimum absolute atomic E-state index is 0.300. The molecule has 0 saturated carbocycles. The van der Waals surface area contributed by atoms with Crippen LogP contribution in [0.15, 0.2) is 24.3 Å². The van der Waals surface area contributed by atoms with Gasteiger partial charge in [0, 0.05) is 0 Å². The first-order valence-corrected chi connectivity index (χ1v) is 8.90. The van der Waals surface area contributed by atoms with Gasteiger partial charge < -0.3 is 33.2 Å². The van der Waals surface area contributed by atoms with E-state index in [2.05, 4.69) is 0 Å². The number of fused-ring (bicyclic) bond motifs is 3. The van der Waals surface area contributed by atoms with E-state index in [-0.39, 0.29) is 0 Å². The minimum Gasteiger partial charge on any atom is -0.493 e. The molecule has 0 N–H and O–H groups in total. The molecule has 3 saturated heterocycles. The zero-order chi connectivity index (χ0) is 19.4. The third-order valence-corrected chi connectivity index (χ3v) is 4.67. The van der Waals surface area contributed by atoms with Crippen molar-refractivity contribution >= 4 is 5.97 Å². The van der Waals surface area contributed by atoms with Crippen molar-refractivity contribution in [1.29, 1.82) is 0 Å². The van der Waals surface area contributed by atoms with Crippen molar-refractivity contribution in [2.75, 3.05) is 7.11 Å². The highest BCUT2D eigenvalue weighted by atomic mass is 16.9. The van der Waals surface area contributed by atoms with E-state index in [1.54, 1.807) is 52.0 Å². The standard InChI is InChI=1S/C19H24O8/c1-18(2)24-12-13(25-18)15-17(27-19(3,4)26-15)23-14(12)16(20)22-11-9-7-6-8-10(11)21-5/h6-9,12-15,17H,1-5H3/t12-,13+,14-,15-,17+/m1/s1. The van der Waals surface area contributed by atoms with Crippen LogP contribution in [0.2, 0.25) is 0 Å². The van der Waals surface area contributed by atoms with Crippen LogP contribution >= 0.6 is 0 Å². The largest absolute Gasteiger partial charge is 0.493 e. The fourth-order valence-electron chi connectivity index (χ4n) is 3.67. The Morgan fingerprint density at radius 3 is 2.19 bits per heavy atom. The molecule has 0 bridgehead atoms. The lowest BCUT2D eigenvalue weighted by Crippen LogP contribution is -2.58. The number of carbonyl (C=O) groups excluding carboxylic acids is 1. The van der Waals surface area contributed by atoms with E-state index in [1.165, 1.54) is 7.11 Å². The maximum Gasteiger partial charge on any atom is 0.343 e. The van der Waals surface area contributed by atoms with Crippen LogP contribution in [0.1, 0.15) is 27.7 Å². The fourth-order valence-corrected chi connectivity index (χ4v) is 3.67. The SMILES string of the molecule is COc1ccccc1OC(=O)[C@@H]1O[C@H]2OC(C)(C)O[C@@H]2[C@H]2OC(C)(C)O[C@H]21. The van der Waals surface area contributed by atoms with Crippen LogP contribution in [-0.2, 0) is 28.5 Å². The molecule has 3 aliphatic rings. The number of carbonyl (C=O) groups is 1. The summed E-state index contributed by atoms with van der Waals surface area (Å²) in [6.07, 6.45) is -3.48. The van der Waals surface area contributed by atoms with Gasteiger partial charge in [-0.2, -0.15) is 0 Å². The first kappa shape index (κ1) is 18.6. The summed E-state index contributed by atoms with van der Waals surface area (Å²) in [7, 11) is 1.51. The smallest absolute Gasteiger partial charge is 0.343 e. The highest BCUT2D eigenvalue weighted by Gasteiger charge is 2.62. The summed E-state index contributed by atoms with van der Waals surface area (Å²) in [5.74, 6) is -1.59. The third-order valence-electron chi connectivity index (χ3n) is 4.67. The van der Waals surface area contributed by atoms with Crippen LogP contribution in [0.5, 0.6) is 11.5 Å². The van der Waals surface area contributed by atoms with Crippen LogP contribution in [0, 0.1) is 0 Å². The molecule has 3 heterocycles. The van der Waals surface area contributed by atoms with E-state index in [4.69, 9.17) is 33.2 Å². The van der Waals surface area contributed by atoms with Crippen molar-refractivity contribution in [2.45, 2.75) is 70.0 Å². The molecule has 8 heteroatoms. The molecular weight excluding hydrogens is 356 g/mol. The molecule has 1 aromatic rings. The van der Waals surface area contributed by atoms with Crippen molar-refractivity contribution in [2.24, 2.45) is 0 Å². The van der Waals surface area contributed by atoms with E-state index >= 15 is 0 Å². The Morgan fingerprint density at radius 2 is 1.48 bits per heavy atom. The zero-order valence-electron chi connectivity index (χ0n) is 16.0. The zero-order valence-corrected chi connectivity index (χ0v) is 16.0. The van der Waals surface area contributed by atoms with Gasteiger partial charge in [0.05, 0.1) is 7.11 Å². The number of methoxy groups -OCH3 is 1. The fraction of sp³-hybridized carbons (Fsp3) is 0.632. The molecule has 0 aliphatic carbocycles. The van der Waals surface area contributed by atoms with Crippen LogP contribution in [0.4, 0.5) is 0 Å². The number of hydrogen-bond donors (Lipinski definition) is 0. The second-order valence-electron chi connectivity index (χ2n) is 7.66. The number of para-hydroxylation sites is 2. The maximum absolute atomic E-state index is 12.9. The minimum atomic E-state index is -1.03. The summed E-state index contributed by atoms with van der Waals surface area (Å²) >= 11 is 0. The molecular formula is C19H24O8. The summed E-state index contributed by atoms with van der Waals surface area (Å²) < 4.78 is 40.3. The Hall–Kier alpha value is -1.71. The number of esters is 1. The van der Waals surface area contributed by atoms with Crippen LogP contribution in [0.25, 0.3) is 0 Å². The Kier molecular flexibility index (Phi) is 4.44. The van der Waals surface area contributed by atoms with Crippen molar-refractivity contribution < 1.29 is 38.0 Å². The lowest BCUT2D eigenvalue weighted by atomic mass is 9.99. The van der Waals surface area contributed by atoms with Gasteiger partial charge in [0.1, 0.15) is 18.3 Å². The van der Waals surface area contributed by atoms with E-state index < -0.39 is 48.2 Å². The summed E-state index contributed by atoms with van der Waals surface area (Å²) in [6, 6.07) is 6.89. The topological polar surface area (TPSA) is 81.7 Å². The Balaban J connectivity index is 1.59. The van der Waals surface area contributed by atoms with Gasteiger partial charge in [-0.25, -0.2) is 4.79 Å². The van der Waals surface area contributed by atoms with Crippen molar-refractivity contribution in [3.05, 3.63) is 24.3 Å². The molecule has 27 heavy (non-hydrogen) atoms. The van der Waals surface area contributed by atoms with E-state index in [1.807, 2.05) is 0 Å². The average Bonchev–Trinajstić information content (AvgIpc) is 3.08. The third kappa shape index (κ3) is 3.43. The molecule has 0 aromatic heterocycles. The number of rotatable bonds is 3. The molecule has 0 unspecified atom stereocenters. The molecule has 4 rings (SSSR count). The summed E-state index contributed by atoms with van der Waals surface area (Å²) in [5.41, 5.74) is 0. The molecule has 3 fully saturated rings. The lowest BCUT2D eigenvalue weighted by molar-refractivity contribution is -0.236. The monoisotopic (exact) mass is 380 g/mol. The van der Waals surface area contributed by atoms with Gasteiger partial charge in [-0.3, -0.25) is 0 Å². The van der Waals surface area contributed by atoms with Gasteiger partial charge in [0.2, 0.25) is 0 Å². The summed E-state index contributed by atoms with van der Waals surface area (Å²) in [6.45, 7) is 7.13. The number of hydrogen-bond acceptors (Lipinski definition) is 8.